The lowest BCUT2D eigenvalue weighted by Crippen LogP contribution is -2.04. The number of carboxylic acids is 1. The first kappa shape index (κ1) is 12.8. The molecular weight excluding hydrogens is 248 g/mol. The van der Waals surface area contributed by atoms with Crippen molar-refractivity contribution >= 4 is 12.3 Å². The van der Waals surface area contributed by atoms with E-state index in [0.717, 1.165) is 0 Å². The van der Waals surface area contributed by atoms with Gasteiger partial charge in [0.25, 0.3) is 0 Å². The highest BCUT2D eigenvalue weighted by Gasteiger charge is 2.16. The van der Waals surface area contributed by atoms with Gasteiger partial charge in [0.05, 0.1) is 18.5 Å². The van der Waals surface area contributed by atoms with Gasteiger partial charge in [-0.2, -0.15) is 0 Å². The molecule has 98 valence electrons. The molecule has 19 heavy (non-hydrogen) atoms. The highest BCUT2D eigenvalue weighted by molar-refractivity contribution is 5.87. The fraction of sp³-hybridized carbons (Fsp3) is 0.154. The molecule has 1 aromatic heterocycles. The van der Waals surface area contributed by atoms with Gasteiger partial charge in [-0.1, -0.05) is 0 Å². The van der Waals surface area contributed by atoms with Crippen LogP contribution in [0.3, 0.4) is 0 Å². The number of hydrogen-bond acceptors (Lipinski definition) is 4. The molecule has 2 rings (SSSR count). The monoisotopic (exact) mass is 260 g/mol. The molecule has 1 heterocycles. The second-order valence-electron chi connectivity index (χ2n) is 3.90. The first-order chi connectivity index (χ1) is 9.08. The maximum atomic E-state index is 11.1. The van der Waals surface area contributed by atoms with Crippen LogP contribution in [0.2, 0.25) is 0 Å². The number of hydrogen-bond donors (Lipinski definition) is 1. The zero-order valence-corrected chi connectivity index (χ0v) is 10.5. The zero-order chi connectivity index (χ0) is 14.0. The molecular formula is C13H12N2O4. The smallest absolute Gasteiger partial charge is 0.356 e. The predicted molar refractivity (Wildman–Crippen MR) is 67.2 cm³/mol. The molecule has 0 unspecified atom stereocenters. The van der Waals surface area contributed by atoms with Gasteiger partial charge in [-0.3, -0.25) is 4.79 Å². The van der Waals surface area contributed by atoms with Gasteiger partial charge < -0.3 is 14.4 Å². The van der Waals surface area contributed by atoms with Crippen LogP contribution >= 0.6 is 0 Å². The quantitative estimate of drug-likeness (QED) is 0.846. The Kier molecular flexibility index (Phi) is 3.33. The molecule has 0 fully saturated rings. The first-order valence-electron chi connectivity index (χ1n) is 5.49. The fourth-order valence-electron chi connectivity index (χ4n) is 1.84. The number of aromatic nitrogens is 2. The van der Waals surface area contributed by atoms with Gasteiger partial charge in [0.1, 0.15) is 12.1 Å². The minimum atomic E-state index is -1.10. The molecule has 0 saturated heterocycles. The Bertz CT molecular complexity index is 646. The summed E-state index contributed by atoms with van der Waals surface area (Å²) in [6.07, 6.45) is 2.07. The van der Waals surface area contributed by atoms with Crippen molar-refractivity contribution in [3.8, 4) is 11.4 Å². The van der Waals surface area contributed by atoms with Crippen LogP contribution in [-0.2, 0) is 0 Å². The second-order valence-corrected chi connectivity index (χ2v) is 3.90. The molecule has 6 nitrogen and oxygen atoms in total. The van der Waals surface area contributed by atoms with Crippen molar-refractivity contribution in [2.45, 2.75) is 6.92 Å². The molecule has 0 aliphatic heterocycles. The van der Waals surface area contributed by atoms with Crippen LogP contribution in [-0.4, -0.2) is 34.0 Å². The number of aldehydes is 1. The van der Waals surface area contributed by atoms with Crippen LogP contribution in [0.4, 0.5) is 0 Å². The molecule has 0 aliphatic rings. The second kappa shape index (κ2) is 4.93. The molecule has 0 atom stereocenters. The van der Waals surface area contributed by atoms with Gasteiger partial charge in [0.15, 0.2) is 12.0 Å². The topological polar surface area (TPSA) is 81.4 Å². The largest absolute Gasteiger partial charge is 0.497 e. The summed E-state index contributed by atoms with van der Waals surface area (Å²) in [5, 5.41) is 8.97. The van der Waals surface area contributed by atoms with Crippen LogP contribution in [0.1, 0.15) is 26.5 Å². The van der Waals surface area contributed by atoms with E-state index < -0.39 is 5.97 Å². The van der Waals surface area contributed by atoms with Gasteiger partial charge in [-0.05, 0) is 25.1 Å². The van der Waals surface area contributed by atoms with Gasteiger partial charge in [-0.25, -0.2) is 9.78 Å². The molecule has 0 amide bonds. The third kappa shape index (κ3) is 2.20. The van der Waals surface area contributed by atoms with E-state index in [-0.39, 0.29) is 5.69 Å². The number of carboxylic acid groups (broad SMARTS) is 1. The van der Waals surface area contributed by atoms with Gasteiger partial charge in [0.2, 0.25) is 0 Å². The Morgan fingerprint density at radius 2 is 2.21 bits per heavy atom. The predicted octanol–water partition coefficient (Wildman–Crippen LogP) is 1.70. The SMILES string of the molecule is COc1ccc(-n2cnc(C(=O)O)c2C)c(C=O)c1. The number of carbonyl (C=O) groups is 2. The van der Waals surface area contributed by atoms with E-state index in [4.69, 9.17) is 9.84 Å². The summed E-state index contributed by atoms with van der Waals surface area (Å²) in [5.74, 6) is -0.542. The van der Waals surface area contributed by atoms with E-state index in [1.165, 1.54) is 13.4 Å². The number of aromatic carboxylic acids is 1. The van der Waals surface area contributed by atoms with E-state index in [1.807, 2.05) is 0 Å². The lowest BCUT2D eigenvalue weighted by atomic mass is 10.1. The summed E-state index contributed by atoms with van der Waals surface area (Å²) in [6, 6.07) is 4.97. The molecule has 0 aliphatic carbocycles. The van der Waals surface area contributed by atoms with E-state index in [2.05, 4.69) is 4.98 Å². The van der Waals surface area contributed by atoms with Gasteiger partial charge in [0, 0.05) is 5.56 Å². The Labute approximate surface area is 109 Å². The third-order valence-corrected chi connectivity index (χ3v) is 2.83. The van der Waals surface area contributed by atoms with Crippen LogP contribution in [0.5, 0.6) is 5.75 Å². The molecule has 0 spiro atoms. The summed E-state index contributed by atoms with van der Waals surface area (Å²) < 4.78 is 6.61. The standard InChI is InChI=1S/C13H12N2O4/c1-8-12(13(17)18)14-7-15(8)11-4-3-10(19-2)5-9(11)6-16/h3-7H,1-2H3,(H,17,18). The Morgan fingerprint density at radius 3 is 2.74 bits per heavy atom. The van der Waals surface area contributed by atoms with Gasteiger partial charge >= 0.3 is 5.97 Å². The molecule has 0 radical (unpaired) electrons. The van der Waals surface area contributed by atoms with Crippen molar-refractivity contribution in [2.24, 2.45) is 0 Å². The normalized spacial score (nSPS) is 10.2. The van der Waals surface area contributed by atoms with Crippen molar-refractivity contribution in [3.05, 3.63) is 41.5 Å². The molecule has 6 heteroatoms. The fourth-order valence-corrected chi connectivity index (χ4v) is 1.84. The summed E-state index contributed by atoms with van der Waals surface area (Å²) in [6.45, 7) is 1.63. The van der Waals surface area contributed by atoms with Crippen molar-refractivity contribution in [1.29, 1.82) is 0 Å². The number of carbonyl (C=O) groups excluding carboxylic acids is 1. The van der Waals surface area contributed by atoms with Crippen LogP contribution in [0, 0.1) is 6.92 Å². The van der Waals surface area contributed by atoms with Crippen molar-refractivity contribution in [2.75, 3.05) is 7.11 Å². The molecule has 2 aromatic rings. The number of ether oxygens (including phenoxy) is 1. The Morgan fingerprint density at radius 1 is 1.47 bits per heavy atom. The molecule has 0 bridgehead atoms. The number of nitrogens with zero attached hydrogens (tertiary/aromatic N) is 2. The summed E-state index contributed by atoms with van der Waals surface area (Å²) in [5.41, 5.74) is 1.39. The Balaban J connectivity index is 2.59. The molecule has 0 saturated carbocycles. The highest BCUT2D eigenvalue weighted by atomic mass is 16.5. The minimum Gasteiger partial charge on any atom is -0.497 e. The van der Waals surface area contributed by atoms with Crippen LogP contribution in [0.15, 0.2) is 24.5 Å². The first-order valence-corrected chi connectivity index (χ1v) is 5.49. The van der Waals surface area contributed by atoms with Crippen molar-refractivity contribution in [1.82, 2.24) is 9.55 Å². The van der Waals surface area contributed by atoms with Crippen molar-refractivity contribution in [3.63, 3.8) is 0 Å². The summed E-state index contributed by atoms with van der Waals surface area (Å²) in [7, 11) is 1.51. The van der Waals surface area contributed by atoms with Gasteiger partial charge in [-0.15, -0.1) is 0 Å². The number of benzene rings is 1. The average molecular weight is 260 g/mol. The summed E-state index contributed by atoms with van der Waals surface area (Å²) >= 11 is 0. The highest BCUT2D eigenvalue weighted by Crippen LogP contribution is 2.22. The number of rotatable bonds is 4. The number of methoxy groups -OCH3 is 1. The van der Waals surface area contributed by atoms with E-state index in [0.29, 0.717) is 29.0 Å². The van der Waals surface area contributed by atoms with Crippen molar-refractivity contribution < 1.29 is 19.4 Å². The lowest BCUT2D eigenvalue weighted by molar-refractivity contribution is 0.0690. The minimum absolute atomic E-state index is 0.0346. The molecule has 1 aromatic carbocycles. The molecule has 1 N–H and O–H groups in total. The van der Waals surface area contributed by atoms with E-state index in [9.17, 15) is 9.59 Å². The lowest BCUT2D eigenvalue weighted by Gasteiger charge is -2.09. The zero-order valence-electron chi connectivity index (χ0n) is 10.5. The maximum absolute atomic E-state index is 11.1. The Hall–Kier alpha value is -2.63. The van der Waals surface area contributed by atoms with Crippen LogP contribution in [0.25, 0.3) is 5.69 Å². The third-order valence-electron chi connectivity index (χ3n) is 2.83. The van der Waals surface area contributed by atoms with E-state index in [1.54, 1.807) is 29.7 Å². The summed E-state index contributed by atoms with van der Waals surface area (Å²) in [4.78, 5) is 25.9. The van der Waals surface area contributed by atoms with E-state index >= 15 is 0 Å². The van der Waals surface area contributed by atoms with Crippen LogP contribution < -0.4 is 4.74 Å². The average Bonchev–Trinajstić information content (AvgIpc) is 2.79. The maximum Gasteiger partial charge on any atom is 0.356 e. The number of imidazole rings is 1.